The Labute approximate surface area is 79.0 Å². The van der Waals surface area contributed by atoms with E-state index >= 15 is 0 Å². The van der Waals surface area contributed by atoms with Gasteiger partial charge in [0.05, 0.1) is 26.3 Å². The van der Waals surface area contributed by atoms with Gasteiger partial charge in [-0.2, -0.15) is 0 Å². The van der Waals surface area contributed by atoms with Crippen LogP contribution in [0.4, 0.5) is 0 Å². The summed E-state index contributed by atoms with van der Waals surface area (Å²) in [5, 5.41) is 16.8. The molecule has 0 saturated carbocycles. The van der Waals surface area contributed by atoms with Gasteiger partial charge in [-0.3, -0.25) is 9.98 Å². The van der Waals surface area contributed by atoms with E-state index in [9.17, 15) is 0 Å². The molecule has 0 aromatic rings. The minimum absolute atomic E-state index is 0.120. The molecule has 0 atom stereocenters. The van der Waals surface area contributed by atoms with Gasteiger partial charge >= 0.3 is 0 Å². The van der Waals surface area contributed by atoms with E-state index < -0.39 is 0 Å². The zero-order chi connectivity index (χ0) is 9.78. The third kappa shape index (κ3) is 11.3. The highest BCUT2D eigenvalue weighted by atomic mass is 16.3. The second-order valence-electron chi connectivity index (χ2n) is 2.56. The Morgan fingerprint density at radius 1 is 0.846 bits per heavy atom. The van der Waals surface area contributed by atoms with Gasteiger partial charge in [0.1, 0.15) is 0 Å². The first-order valence-electron chi connectivity index (χ1n) is 4.60. The summed E-state index contributed by atoms with van der Waals surface area (Å²) in [5.74, 6) is 0. The van der Waals surface area contributed by atoms with E-state index in [1.165, 1.54) is 0 Å². The zero-order valence-electron chi connectivity index (χ0n) is 7.89. The average molecular weight is 186 g/mol. The summed E-state index contributed by atoms with van der Waals surface area (Å²) in [4.78, 5) is 7.93. The number of aliphatic imine (C=N–C) groups is 2. The van der Waals surface area contributed by atoms with E-state index in [2.05, 4.69) is 9.98 Å². The quantitative estimate of drug-likeness (QED) is 0.422. The van der Waals surface area contributed by atoms with Gasteiger partial charge < -0.3 is 10.2 Å². The van der Waals surface area contributed by atoms with E-state index in [1.54, 1.807) is 0 Å². The molecule has 0 amide bonds. The standard InChI is InChI=1S/C9H18N2O2/c12-8-6-10-4-2-1-3-5-11-7-9-13/h4-5,12-13H,1-3,6-9H2. The molecule has 0 heterocycles. The van der Waals surface area contributed by atoms with Crippen LogP contribution in [0.3, 0.4) is 0 Å². The largest absolute Gasteiger partial charge is 0.394 e. The SMILES string of the molecule is OCCN=CCCCC=NCCO. The van der Waals surface area contributed by atoms with Crippen molar-refractivity contribution in [1.29, 1.82) is 0 Å². The fourth-order valence-electron chi connectivity index (χ4n) is 0.781. The normalized spacial score (nSPS) is 11.8. The van der Waals surface area contributed by atoms with Crippen LogP contribution in [-0.2, 0) is 0 Å². The highest BCUT2D eigenvalue weighted by Crippen LogP contribution is 1.89. The lowest BCUT2D eigenvalue weighted by Gasteiger charge is -1.90. The lowest BCUT2D eigenvalue weighted by atomic mass is 10.2. The monoisotopic (exact) mass is 186 g/mol. The Balaban J connectivity index is 3.07. The average Bonchev–Trinajstić information content (AvgIpc) is 2.16. The molecule has 0 fully saturated rings. The van der Waals surface area contributed by atoms with Crippen LogP contribution in [0.25, 0.3) is 0 Å². The number of aliphatic hydroxyl groups excluding tert-OH is 2. The van der Waals surface area contributed by atoms with Gasteiger partial charge in [0.25, 0.3) is 0 Å². The summed E-state index contributed by atoms with van der Waals surface area (Å²) in [7, 11) is 0. The minimum Gasteiger partial charge on any atom is -0.394 e. The van der Waals surface area contributed by atoms with Crippen molar-refractivity contribution in [2.24, 2.45) is 9.98 Å². The smallest absolute Gasteiger partial charge is 0.0626 e. The lowest BCUT2D eigenvalue weighted by Crippen LogP contribution is -1.89. The maximum absolute atomic E-state index is 8.41. The van der Waals surface area contributed by atoms with Crippen molar-refractivity contribution < 1.29 is 10.2 Å². The summed E-state index contributed by atoms with van der Waals surface area (Å²) >= 11 is 0. The van der Waals surface area contributed by atoms with Crippen LogP contribution in [0.15, 0.2) is 9.98 Å². The Morgan fingerprint density at radius 2 is 1.31 bits per heavy atom. The molecule has 0 aromatic carbocycles. The Kier molecular flexibility index (Phi) is 10.6. The van der Waals surface area contributed by atoms with Gasteiger partial charge in [-0.25, -0.2) is 0 Å². The number of hydrogen-bond acceptors (Lipinski definition) is 4. The van der Waals surface area contributed by atoms with E-state index in [4.69, 9.17) is 10.2 Å². The number of nitrogens with zero attached hydrogens (tertiary/aromatic N) is 2. The predicted molar refractivity (Wildman–Crippen MR) is 54.7 cm³/mol. The highest BCUT2D eigenvalue weighted by molar-refractivity contribution is 5.60. The molecule has 13 heavy (non-hydrogen) atoms. The maximum Gasteiger partial charge on any atom is 0.0626 e. The Morgan fingerprint density at radius 3 is 1.69 bits per heavy atom. The Bertz CT molecular complexity index is 131. The van der Waals surface area contributed by atoms with Crippen molar-refractivity contribution in [2.75, 3.05) is 26.3 Å². The fourth-order valence-corrected chi connectivity index (χ4v) is 0.781. The topological polar surface area (TPSA) is 65.2 Å². The van der Waals surface area contributed by atoms with Crippen molar-refractivity contribution in [3.63, 3.8) is 0 Å². The molecule has 0 radical (unpaired) electrons. The molecule has 0 aromatic heterocycles. The summed E-state index contributed by atoms with van der Waals surface area (Å²) in [6.45, 7) is 1.24. The number of aliphatic hydroxyl groups is 2. The zero-order valence-corrected chi connectivity index (χ0v) is 7.89. The van der Waals surface area contributed by atoms with Crippen LogP contribution in [0, 0.1) is 0 Å². The molecular weight excluding hydrogens is 168 g/mol. The van der Waals surface area contributed by atoms with E-state index in [1.807, 2.05) is 12.4 Å². The lowest BCUT2D eigenvalue weighted by molar-refractivity contribution is 0.306. The van der Waals surface area contributed by atoms with Gasteiger partial charge in [0.2, 0.25) is 0 Å². The van der Waals surface area contributed by atoms with Crippen molar-refractivity contribution in [2.45, 2.75) is 19.3 Å². The number of hydrogen-bond donors (Lipinski definition) is 2. The maximum atomic E-state index is 8.41. The first kappa shape index (κ1) is 12.3. The molecule has 0 rings (SSSR count). The van der Waals surface area contributed by atoms with Crippen molar-refractivity contribution in [3.05, 3.63) is 0 Å². The predicted octanol–water partition coefficient (Wildman–Crippen LogP) is 0.283. The molecule has 0 aliphatic heterocycles. The second kappa shape index (κ2) is 11.3. The van der Waals surface area contributed by atoms with E-state index in [-0.39, 0.29) is 13.2 Å². The molecule has 0 saturated heterocycles. The van der Waals surface area contributed by atoms with Gasteiger partial charge in [-0.1, -0.05) is 0 Å². The van der Waals surface area contributed by atoms with Crippen molar-refractivity contribution >= 4 is 12.4 Å². The molecule has 4 nitrogen and oxygen atoms in total. The highest BCUT2D eigenvalue weighted by Gasteiger charge is 1.82. The third-order valence-electron chi connectivity index (χ3n) is 1.38. The summed E-state index contributed by atoms with van der Waals surface area (Å²) in [5.41, 5.74) is 0. The molecule has 0 spiro atoms. The molecular formula is C9H18N2O2. The molecule has 0 unspecified atom stereocenters. The number of rotatable bonds is 8. The second-order valence-corrected chi connectivity index (χ2v) is 2.56. The fraction of sp³-hybridized carbons (Fsp3) is 0.778. The van der Waals surface area contributed by atoms with Crippen LogP contribution in [-0.4, -0.2) is 48.9 Å². The van der Waals surface area contributed by atoms with E-state index in [0.29, 0.717) is 13.1 Å². The first-order chi connectivity index (χ1) is 6.41. The summed E-state index contributed by atoms with van der Waals surface area (Å²) in [6, 6.07) is 0. The van der Waals surface area contributed by atoms with Crippen LogP contribution in [0.1, 0.15) is 19.3 Å². The van der Waals surface area contributed by atoms with Gasteiger partial charge in [0.15, 0.2) is 0 Å². The van der Waals surface area contributed by atoms with Gasteiger partial charge in [-0.15, -0.1) is 0 Å². The molecule has 4 heteroatoms. The molecule has 0 bridgehead atoms. The van der Waals surface area contributed by atoms with Crippen LogP contribution in [0.2, 0.25) is 0 Å². The minimum atomic E-state index is 0.120. The third-order valence-corrected chi connectivity index (χ3v) is 1.38. The summed E-state index contributed by atoms with van der Waals surface area (Å²) in [6.07, 6.45) is 6.52. The van der Waals surface area contributed by atoms with Crippen LogP contribution >= 0.6 is 0 Å². The molecule has 2 N–H and O–H groups in total. The molecule has 76 valence electrons. The molecule has 0 aliphatic rings. The van der Waals surface area contributed by atoms with Crippen molar-refractivity contribution in [1.82, 2.24) is 0 Å². The van der Waals surface area contributed by atoms with Gasteiger partial charge in [0, 0.05) is 0 Å². The number of unbranched alkanes of at least 4 members (excludes halogenated alkanes) is 2. The first-order valence-corrected chi connectivity index (χ1v) is 4.60. The van der Waals surface area contributed by atoms with Crippen LogP contribution in [0.5, 0.6) is 0 Å². The van der Waals surface area contributed by atoms with Crippen LogP contribution < -0.4 is 0 Å². The van der Waals surface area contributed by atoms with Gasteiger partial charge in [-0.05, 0) is 31.7 Å². The molecule has 0 aliphatic carbocycles. The Hall–Kier alpha value is -0.740. The van der Waals surface area contributed by atoms with Crippen molar-refractivity contribution in [3.8, 4) is 0 Å². The summed E-state index contributed by atoms with van der Waals surface area (Å²) < 4.78 is 0. The van der Waals surface area contributed by atoms with E-state index in [0.717, 1.165) is 19.3 Å².